The fraction of sp³-hybridized carbons (Fsp3) is 0.263. The molecule has 0 saturated carbocycles. The van der Waals surface area contributed by atoms with E-state index in [-0.39, 0.29) is 11.8 Å². The van der Waals surface area contributed by atoms with E-state index < -0.39 is 0 Å². The molecule has 2 aromatic heterocycles. The molecule has 26 heavy (non-hydrogen) atoms. The molecule has 132 valence electrons. The normalized spacial score (nSPS) is 13.5. The summed E-state index contributed by atoms with van der Waals surface area (Å²) in [4.78, 5) is 34.7. The average Bonchev–Trinajstić information content (AvgIpc) is 3.01. The van der Waals surface area contributed by atoms with Crippen LogP contribution in [0.1, 0.15) is 28.4 Å². The van der Waals surface area contributed by atoms with E-state index in [1.54, 1.807) is 30.5 Å². The van der Waals surface area contributed by atoms with E-state index in [0.29, 0.717) is 30.8 Å². The third-order valence-electron chi connectivity index (χ3n) is 4.81. The molecule has 0 unspecified atom stereocenters. The van der Waals surface area contributed by atoms with Gasteiger partial charge in [-0.1, -0.05) is 0 Å². The maximum atomic E-state index is 12.8. The summed E-state index contributed by atoms with van der Waals surface area (Å²) in [5.41, 5.74) is 4.99. The summed E-state index contributed by atoms with van der Waals surface area (Å²) in [7, 11) is 1.93. The van der Waals surface area contributed by atoms with Crippen LogP contribution in [0.4, 0.5) is 5.69 Å². The van der Waals surface area contributed by atoms with Crippen LogP contribution >= 0.6 is 0 Å². The van der Waals surface area contributed by atoms with Gasteiger partial charge >= 0.3 is 0 Å². The lowest BCUT2D eigenvalue weighted by Gasteiger charge is -2.28. The van der Waals surface area contributed by atoms with E-state index in [1.807, 2.05) is 29.8 Å². The van der Waals surface area contributed by atoms with Gasteiger partial charge in [-0.25, -0.2) is 4.98 Å². The van der Waals surface area contributed by atoms with E-state index in [9.17, 15) is 9.59 Å². The Morgan fingerprint density at radius 3 is 2.88 bits per heavy atom. The molecular formula is C19H19N5O2. The minimum atomic E-state index is -0.194. The number of aromatic nitrogens is 3. The number of carbonyl (C=O) groups excluding carboxylic acids is 2. The molecule has 3 heterocycles. The Hall–Kier alpha value is -3.22. The largest absolute Gasteiger partial charge is 0.338 e. The van der Waals surface area contributed by atoms with Crippen LogP contribution in [0.25, 0.3) is 11.0 Å². The molecule has 4 rings (SSSR count). The van der Waals surface area contributed by atoms with Gasteiger partial charge in [0.05, 0.1) is 22.9 Å². The van der Waals surface area contributed by atoms with Crippen molar-refractivity contribution in [3.05, 3.63) is 53.6 Å². The van der Waals surface area contributed by atoms with Crippen molar-refractivity contribution in [2.45, 2.75) is 19.9 Å². The Kier molecular flexibility index (Phi) is 3.91. The van der Waals surface area contributed by atoms with Crippen LogP contribution in [-0.4, -0.2) is 37.8 Å². The average molecular weight is 349 g/mol. The molecule has 0 saturated heterocycles. The Morgan fingerprint density at radius 1 is 1.23 bits per heavy atom. The molecule has 0 fully saturated rings. The summed E-state index contributed by atoms with van der Waals surface area (Å²) in [5.74, 6) is -0.157. The van der Waals surface area contributed by atoms with Gasteiger partial charge < -0.3 is 14.8 Å². The first-order valence-electron chi connectivity index (χ1n) is 8.46. The highest BCUT2D eigenvalue weighted by Gasteiger charge is 2.23. The number of hydrogen-bond acceptors (Lipinski definition) is 4. The van der Waals surface area contributed by atoms with Crippen LogP contribution in [0.5, 0.6) is 0 Å². The Balaban J connectivity index is 1.60. The summed E-state index contributed by atoms with van der Waals surface area (Å²) in [6.45, 7) is 2.67. The maximum absolute atomic E-state index is 12.8. The van der Waals surface area contributed by atoms with Gasteiger partial charge in [0.2, 0.25) is 5.91 Å². The van der Waals surface area contributed by atoms with Gasteiger partial charge in [0, 0.05) is 45.1 Å². The Labute approximate surface area is 150 Å². The highest BCUT2D eigenvalue weighted by atomic mass is 16.2. The van der Waals surface area contributed by atoms with Crippen LogP contribution in [0.2, 0.25) is 0 Å². The lowest BCUT2D eigenvalue weighted by Crippen LogP contribution is -2.35. The monoisotopic (exact) mass is 349 g/mol. The standard InChI is InChI=1S/C19H19N5O2/c1-12(25)24-6-5-15-13(10-24)8-20-9-16(15)19(26)22-14-3-4-18-17(7-14)21-11-23(18)2/h3-4,7-9,11H,5-6,10H2,1-2H3,(H,22,26). The number of carbonyl (C=O) groups is 2. The molecule has 3 aromatic rings. The number of aryl methyl sites for hydroxylation is 1. The molecule has 1 N–H and O–H groups in total. The van der Waals surface area contributed by atoms with Crippen molar-refractivity contribution in [1.29, 1.82) is 0 Å². The number of anilines is 1. The lowest BCUT2D eigenvalue weighted by atomic mass is 9.96. The van der Waals surface area contributed by atoms with E-state index >= 15 is 0 Å². The van der Waals surface area contributed by atoms with Crippen molar-refractivity contribution >= 4 is 28.5 Å². The number of pyridine rings is 1. The molecule has 7 nitrogen and oxygen atoms in total. The number of nitrogens with one attached hydrogen (secondary N) is 1. The molecule has 0 aliphatic carbocycles. The van der Waals surface area contributed by atoms with Crippen LogP contribution in [-0.2, 0) is 24.8 Å². The van der Waals surface area contributed by atoms with Gasteiger partial charge in [-0.15, -0.1) is 0 Å². The van der Waals surface area contributed by atoms with E-state index in [1.165, 1.54) is 0 Å². The molecule has 1 aliphatic rings. The van der Waals surface area contributed by atoms with Crippen molar-refractivity contribution in [1.82, 2.24) is 19.4 Å². The summed E-state index contributed by atoms with van der Waals surface area (Å²) < 4.78 is 1.93. The van der Waals surface area contributed by atoms with Crippen molar-refractivity contribution in [2.24, 2.45) is 7.05 Å². The molecule has 0 spiro atoms. The van der Waals surface area contributed by atoms with E-state index in [2.05, 4.69) is 15.3 Å². The zero-order valence-electron chi connectivity index (χ0n) is 14.7. The molecule has 0 atom stereocenters. The second-order valence-corrected chi connectivity index (χ2v) is 6.53. The van der Waals surface area contributed by atoms with Gasteiger partial charge in [0.15, 0.2) is 0 Å². The second-order valence-electron chi connectivity index (χ2n) is 6.53. The quantitative estimate of drug-likeness (QED) is 0.768. The van der Waals surface area contributed by atoms with E-state index in [4.69, 9.17) is 0 Å². The van der Waals surface area contributed by atoms with E-state index in [0.717, 1.165) is 22.2 Å². The third kappa shape index (κ3) is 2.81. The fourth-order valence-electron chi connectivity index (χ4n) is 3.37. The van der Waals surface area contributed by atoms with Crippen LogP contribution in [0, 0.1) is 0 Å². The predicted molar refractivity (Wildman–Crippen MR) is 97.7 cm³/mol. The van der Waals surface area contributed by atoms with Crippen LogP contribution in [0.15, 0.2) is 36.9 Å². The topological polar surface area (TPSA) is 80.1 Å². The number of benzene rings is 1. The van der Waals surface area contributed by atoms with Crippen molar-refractivity contribution in [3.63, 3.8) is 0 Å². The first-order chi connectivity index (χ1) is 12.5. The summed E-state index contributed by atoms with van der Waals surface area (Å²) in [6.07, 6.45) is 5.73. The lowest BCUT2D eigenvalue weighted by molar-refractivity contribution is -0.129. The zero-order chi connectivity index (χ0) is 18.3. The van der Waals surface area contributed by atoms with Gasteiger partial charge in [-0.05, 0) is 35.7 Å². The molecule has 1 aliphatic heterocycles. The maximum Gasteiger partial charge on any atom is 0.257 e. The number of rotatable bonds is 2. The SMILES string of the molecule is CC(=O)N1CCc2c(cncc2C(=O)Nc2ccc3c(c2)ncn3C)C1. The molecule has 1 aromatic carbocycles. The molecule has 2 amide bonds. The Bertz CT molecular complexity index is 1020. The number of fused-ring (bicyclic) bond motifs is 2. The molecule has 0 radical (unpaired) electrons. The van der Waals surface area contributed by atoms with Crippen molar-refractivity contribution in [3.8, 4) is 0 Å². The molecule has 7 heteroatoms. The van der Waals surface area contributed by atoms with Gasteiger partial charge in [-0.3, -0.25) is 14.6 Å². The first kappa shape index (κ1) is 16.3. The van der Waals surface area contributed by atoms with Gasteiger partial charge in [0.1, 0.15) is 0 Å². The zero-order valence-corrected chi connectivity index (χ0v) is 14.7. The van der Waals surface area contributed by atoms with Crippen LogP contribution < -0.4 is 5.32 Å². The van der Waals surface area contributed by atoms with Crippen molar-refractivity contribution in [2.75, 3.05) is 11.9 Å². The molecule has 0 bridgehead atoms. The highest BCUT2D eigenvalue weighted by molar-refractivity contribution is 6.06. The third-order valence-corrected chi connectivity index (χ3v) is 4.81. The number of imidazole rings is 1. The first-order valence-corrected chi connectivity index (χ1v) is 8.46. The fourth-order valence-corrected chi connectivity index (χ4v) is 3.37. The van der Waals surface area contributed by atoms with Gasteiger partial charge in [-0.2, -0.15) is 0 Å². The second kappa shape index (κ2) is 6.25. The number of amides is 2. The predicted octanol–water partition coefficient (Wildman–Crippen LogP) is 2.13. The highest BCUT2D eigenvalue weighted by Crippen LogP contribution is 2.23. The summed E-state index contributed by atoms with van der Waals surface area (Å²) >= 11 is 0. The van der Waals surface area contributed by atoms with Crippen LogP contribution in [0.3, 0.4) is 0 Å². The minimum Gasteiger partial charge on any atom is -0.338 e. The van der Waals surface area contributed by atoms with Crippen molar-refractivity contribution < 1.29 is 9.59 Å². The Morgan fingerprint density at radius 2 is 2.08 bits per heavy atom. The number of nitrogens with zero attached hydrogens (tertiary/aromatic N) is 4. The minimum absolute atomic E-state index is 0.0363. The number of hydrogen-bond donors (Lipinski definition) is 1. The molecular weight excluding hydrogens is 330 g/mol. The summed E-state index contributed by atoms with van der Waals surface area (Å²) in [6, 6.07) is 5.65. The summed E-state index contributed by atoms with van der Waals surface area (Å²) in [5, 5.41) is 2.93. The smallest absolute Gasteiger partial charge is 0.257 e. The van der Waals surface area contributed by atoms with Gasteiger partial charge in [0.25, 0.3) is 5.91 Å².